The number of nitrogens with zero attached hydrogens (tertiary/aromatic N) is 1. The minimum Gasteiger partial charge on any atom is -0.497 e. The van der Waals surface area contributed by atoms with Crippen molar-refractivity contribution in [2.24, 2.45) is 0 Å². The van der Waals surface area contributed by atoms with Gasteiger partial charge in [0.1, 0.15) is 17.2 Å². The molecule has 0 radical (unpaired) electrons. The minimum absolute atomic E-state index is 0.254. The summed E-state index contributed by atoms with van der Waals surface area (Å²) in [5, 5.41) is 3.20. The Morgan fingerprint density at radius 1 is 0.848 bits per heavy atom. The van der Waals surface area contributed by atoms with Gasteiger partial charge in [0.15, 0.2) is 0 Å². The molecule has 0 aromatic heterocycles. The van der Waals surface area contributed by atoms with Crippen molar-refractivity contribution in [3.05, 3.63) is 95.2 Å². The molecule has 6 nitrogen and oxygen atoms in total. The van der Waals surface area contributed by atoms with E-state index in [0.29, 0.717) is 29.0 Å². The molecule has 0 bridgehead atoms. The van der Waals surface area contributed by atoms with Crippen molar-refractivity contribution in [3.8, 4) is 11.5 Å². The van der Waals surface area contributed by atoms with Crippen LogP contribution in [0.2, 0.25) is 0 Å². The van der Waals surface area contributed by atoms with E-state index < -0.39 is 0 Å². The maximum absolute atomic E-state index is 13.4. The average molecular weight is 443 g/mol. The van der Waals surface area contributed by atoms with Gasteiger partial charge in [-0.05, 0) is 54.3 Å². The quantitative estimate of drug-likeness (QED) is 0.522. The van der Waals surface area contributed by atoms with E-state index in [9.17, 15) is 9.59 Å². The molecule has 4 rings (SSSR count). The molecular formula is C27H26N2O4. The highest BCUT2D eigenvalue weighted by molar-refractivity contribution is 6.36. The van der Waals surface area contributed by atoms with Crippen molar-refractivity contribution in [1.29, 1.82) is 0 Å². The Labute approximate surface area is 193 Å². The summed E-state index contributed by atoms with van der Waals surface area (Å²) in [6, 6.07) is 22.5. The van der Waals surface area contributed by atoms with Gasteiger partial charge in [0, 0.05) is 6.54 Å². The van der Waals surface area contributed by atoms with Gasteiger partial charge in [0.25, 0.3) is 11.8 Å². The van der Waals surface area contributed by atoms with Gasteiger partial charge in [0.2, 0.25) is 0 Å². The second kappa shape index (κ2) is 9.61. The number of ether oxygens (including phenoxy) is 2. The maximum Gasteiger partial charge on any atom is 0.278 e. The number of aryl methyl sites for hydroxylation is 1. The summed E-state index contributed by atoms with van der Waals surface area (Å²) >= 11 is 0. The van der Waals surface area contributed by atoms with E-state index in [4.69, 9.17) is 9.47 Å². The first-order valence-corrected chi connectivity index (χ1v) is 10.7. The SMILES string of the molecule is COc1ccc(CCN2C(=O)C(Nc3cc(C)ccc3OC)=C(c3ccccc3)C2=O)cc1. The second-order valence-corrected chi connectivity index (χ2v) is 7.80. The number of rotatable bonds is 8. The van der Waals surface area contributed by atoms with Gasteiger partial charge in [-0.15, -0.1) is 0 Å². The van der Waals surface area contributed by atoms with Crippen LogP contribution in [0.1, 0.15) is 16.7 Å². The zero-order valence-electron chi connectivity index (χ0n) is 18.9. The van der Waals surface area contributed by atoms with Crippen molar-refractivity contribution < 1.29 is 19.1 Å². The van der Waals surface area contributed by atoms with Crippen LogP contribution in [0.5, 0.6) is 11.5 Å². The summed E-state index contributed by atoms with van der Waals surface area (Å²) in [6.07, 6.45) is 0.546. The van der Waals surface area contributed by atoms with Gasteiger partial charge in [-0.2, -0.15) is 0 Å². The molecule has 1 aliphatic heterocycles. The highest BCUT2D eigenvalue weighted by atomic mass is 16.5. The molecule has 0 saturated carbocycles. The van der Waals surface area contributed by atoms with Crippen LogP contribution >= 0.6 is 0 Å². The van der Waals surface area contributed by atoms with Crippen LogP contribution in [0.3, 0.4) is 0 Å². The van der Waals surface area contributed by atoms with Gasteiger partial charge in [-0.3, -0.25) is 14.5 Å². The fourth-order valence-corrected chi connectivity index (χ4v) is 3.85. The molecule has 1 N–H and O–H groups in total. The normalized spacial score (nSPS) is 13.5. The number of imide groups is 1. The number of hydrogen-bond acceptors (Lipinski definition) is 5. The van der Waals surface area contributed by atoms with Crippen molar-refractivity contribution in [3.63, 3.8) is 0 Å². The lowest BCUT2D eigenvalue weighted by Crippen LogP contribution is -2.34. The molecule has 168 valence electrons. The first-order valence-electron chi connectivity index (χ1n) is 10.7. The standard InChI is InChI=1S/C27H26N2O4/c1-18-9-14-23(33-3)22(17-18)28-25-24(20-7-5-4-6-8-20)26(30)29(27(25)31)16-15-19-10-12-21(32-2)13-11-19/h4-14,17,28H,15-16H2,1-3H3. The van der Waals surface area contributed by atoms with Gasteiger partial charge in [0.05, 0.1) is 25.5 Å². The fourth-order valence-electron chi connectivity index (χ4n) is 3.85. The highest BCUT2D eigenvalue weighted by Gasteiger charge is 2.39. The Hall–Kier alpha value is -4.06. The zero-order chi connectivity index (χ0) is 23.4. The molecular weight excluding hydrogens is 416 g/mol. The molecule has 0 fully saturated rings. The summed E-state index contributed by atoms with van der Waals surface area (Å²) in [7, 11) is 3.19. The monoisotopic (exact) mass is 442 g/mol. The Kier molecular flexibility index (Phi) is 6.45. The Bertz CT molecular complexity index is 1200. The molecule has 3 aromatic carbocycles. The van der Waals surface area contributed by atoms with Crippen LogP contribution in [0.4, 0.5) is 5.69 Å². The molecule has 6 heteroatoms. The van der Waals surface area contributed by atoms with Gasteiger partial charge in [-0.1, -0.05) is 48.5 Å². The number of amides is 2. The van der Waals surface area contributed by atoms with Crippen LogP contribution < -0.4 is 14.8 Å². The maximum atomic E-state index is 13.4. The lowest BCUT2D eigenvalue weighted by molar-refractivity contribution is -0.136. The van der Waals surface area contributed by atoms with E-state index in [2.05, 4.69) is 5.32 Å². The van der Waals surface area contributed by atoms with E-state index >= 15 is 0 Å². The van der Waals surface area contributed by atoms with Gasteiger partial charge >= 0.3 is 0 Å². The van der Waals surface area contributed by atoms with Crippen molar-refractivity contribution in [1.82, 2.24) is 4.90 Å². The first-order chi connectivity index (χ1) is 16.0. The molecule has 33 heavy (non-hydrogen) atoms. The summed E-state index contributed by atoms with van der Waals surface area (Å²) in [5.74, 6) is 0.695. The Morgan fingerprint density at radius 2 is 1.58 bits per heavy atom. The molecule has 0 atom stereocenters. The van der Waals surface area contributed by atoms with E-state index in [1.54, 1.807) is 14.2 Å². The zero-order valence-corrected chi connectivity index (χ0v) is 18.9. The van der Waals surface area contributed by atoms with Crippen molar-refractivity contribution in [2.45, 2.75) is 13.3 Å². The molecule has 0 saturated heterocycles. The van der Waals surface area contributed by atoms with Gasteiger partial charge < -0.3 is 14.8 Å². The number of anilines is 1. The molecule has 2 amide bonds. The predicted octanol–water partition coefficient (Wildman–Crippen LogP) is 4.45. The number of nitrogens with one attached hydrogen (secondary N) is 1. The highest BCUT2D eigenvalue weighted by Crippen LogP contribution is 2.34. The van der Waals surface area contributed by atoms with Crippen LogP contribution in [0, 0.1) is 6.92 Å². The number of benzene rings is 3. The fraction of sp³-hybridized carbons (Fsp3) is 0.185. The number of carbonyl (C=O) groups excluding carboxylic acids is 2. The first kappa shape index (κ1) is 22.1. The number of carbonyl (C=O) groups is 2. The molecule has 0 unspecified atom stereocenters. The summed E-state index contributed by atoms with van der Waals surface area (Å²) in [6.45, 7) is 2.23. The minimum atomic E-state index is -0.351. The Morgan fingerprint density at radius 3 is 2.24 bits per heavy atom. The summed E-state index contributed by atoms with van der Waals surface area (Å²) < 4.78 is 10.7. The average Bonchev–Trinajstić information content (AvgIpc) is 3.07. The van der Waals surface area contributed by atoms with Crippen molar-refractivity contribution >= 4 is 23.1 Å². The van der Waals surface area contributed by atoms with E-state index in [0.717, 1.165) is 16.9 Å². The summed E-state index contributed by atoms with van der Waals surface area (Å²) in [5.41, 5.74) is 3.97. The third-order valence-corrected chi connectivity index (χ3v) is 5.63. The van der Waals surface area contributed by atoms with Crippen LogP contribution in [-0.2, 0) is 16.0 Å². The smallest absolute Gasteiger partial charge is 0.278 e. The predicted molar refractivity (Wildman–Crippen MR) is 128 cm³/mol. The van der Waals surface area contributed by atoms with Crippen LogP contribution in [0.25, 0.3) is 5.57 Å². The molecule has 0 aliphatic carbocycles. The third-order valence-electron chi connectivity index (χ3n) is 5.63. The lowest BCUT2D eigenvalue weighted by atomic mass is 10.0. The molecule has 1 heterocycles. The number of methoxy groups -OCH3 is 2. The van der Waals surface area contributed by atoms with E-state index in [-0.39, 0.29) is 24.1 Å². The van der Waals surface area contributed by atoms with Crippen LogP contribution in [0.15, 0.2) is 78.5 Å². The second-order valence-electron chi connectivity index (χ2n) is 7.80. The Balaban J connectivity index is 1.65. The number of hydrogen-bond donors (Lipinski definition) is 1. The molecule has 1 aliphatic rings. The topological polar surface area (TPSA) is 67.9 Å². The largest absolute Gasteiger partial charge is 0.497 e. The molecule has 3 aromatic rings. The van der Waals surface area contributed by atoms with E-state index in [1.807, 2.05) is 79.7 Å². The summed E-state index contributed by atoms with van der Waals surface area (Å²) in [4.78, 5) is 28.2. The van der Waals surface area contributed by atoms with Gasteiger partial charge in [-0.25, -0.2) is 0 Å². The van der Waals surface area contributed by atoms with E-state index in [1.165, 1.54) is 4.90 Å². The lowest BCUT2D eigenvalue weighted by Gasteiger charge is -2.16. The van der Waals surface area contributed by atoms with Crippen LogP contribution in [-0.4, -0.2) is 37.5 Å². The van der Waals surface area contributed by atoms with Crippen molar-refractivity contribution in [2.75, 3.05) is 26.1 Å². The molecule has 0 spiro atoms. The third kappa shape index (κ3) is 4.60.